The number of likely N-dealkylation sites (tertiary alicyclic amines) is 1. The molecule has 2 aromatic rings. The standard InChI is InChI=1S/C26H30N4O5S/c1-14(2)22(30-21(32)9-15(3)25(30)34)26(35)29-12-19(31)10-20(29)24(33)27-11-17-5-7-18(8-6-17)23-16(4)28-13-36-23/h5-9,13-14,19-20,22,31H,10-12H2,1-4H3,(H,27,33)/t19-,20+,22?/m1/s1. The van der Waals surface area contributed by atoms with Crippen molar-refractivity contribution in [3.05, 3.63) is 52.7 Å². The van der Waals surface area contributed by atoms with Gasteiger partial charge in [0.05, 0.1) is 22.2 Å². The van der Waals surface area contributed by atoms with E-state index in [0.29, 0.717) is 0 Å². The fraction of sp³-hybridized carbons (Fsp3) is 0.423. The second-order valence-corrected chi connectivity index (χ2v) is 10.5. The minimum absolute atomic E-state index is 0.0360. The van der Waals surface area contributed by atoms with Gasteiger partial charge < -0.3 is 15.3 Å². The van der Waals surface area contributed by atoms with E-state index in [4.69, 9.17) is 0 Å². The fourth-order valence-corrected chi connectivity index (χ4v) is 5.51. The highest BCUT2D eigenvalue weighted by Gasteiger charge is 2.46. The summed E-state index contributed by atoms with van der Waals surface area (Å²) in [7, 11) is 0. The molecule has 9 nitrogen and oxygen atoms in total. The molecule has 36 heavy (non-hydrogen) atoms. The van der Waals surface area contributed by atoms with Crippen molar-refractivity contribution in [2.45, 2.75) is 58.8 Å². The molecule has 1 saturated heterocycles. The number of thiazole rings is 1. The highest BCUT2D eigenvalue weighted by atomic mass is 32.1. The second-order valence-electron chi connectivity index (χ2n) is 9.61. The zero-order chi connectivity index (χ0) is 26.1. The van der Waals surface area contributed by atoms with Crippen molar-refractivity contribution in [3.8, 4) is 10.4 Å². The highest BCUT2D eigenvalue weighted by molar-refractivity contribution is 7.13. The summed E-state index contributed by atoms with van der Waals surface area (Å²) in [6, 6.07) is 5.86. The Labute approximate surface area is 213 Å². The normalized spacial score (nSPS) is 20.8. The van der Waals surface area contributed by atoms with Crippen LogP contribution in [-0.2, 0) is 25.7 Å². The molecule has 1 fully saturated rings. The molecule has 2 N–H and O–H groups in total. The molecule has 0 aliphatic carbocycles. The molecule has 10 heteroatoms. The molecular weight excluding hydrogens is 480 g/mol. The average molecular weight is 511 g/mol. The van der Waals surface area contributed by atoms with Gasteiger partial charge in [-0.2, -0.15) is 0 Å². The lowest BCUT2D eigenvalue weighted by molar-refractivity contribution is -0.153. The summed E-state index contributed by atoms with van der Waals surface area (Å²) in [5.41, 5.74) is 4.98. The van der Waals surface area contributed by atoms with Gasteiger partial charge in [-0.15, -0.1) is 11.3 Å². The first kappa shape index (κ1) is 25.7. The number of amides is 4. The molecule has 0 saturated carbocycles. The number of aromatic nitrogens is 1. The molecule has 1 aromatic carbocycles. The topological polar surface area (TPSA) is 120 Å². The number of nitrogens with one attached hydrogen (secondary N) is 1. The van der Waals surface area contributed by atoms with Crippen LogP contribution >= 0.6 is 11.3 Å². The van der Waals surface area contributed by atoms with Crippen molar-refractivity contribution < 1.29 is 24.3 Å². The number of aryl methyl sites for hydroxylation is 1. The van der Waals surface area contributed by atoms with E-state index in [-0.39, 0.29) is 31.0 Å². The van der Waals surface area contributed by atoms with Crippen molar-refractivity contribution in [2.75, 3.05) is 6.54 Å². The molecule has 0 bridgehead atoms. The van der Waals surface area contributed by atoms with Crippen LogP contribution in [0.25, 0.3) is 10.4 Å². The zero-order valence-electron chi connectivity index (χ0n) is 20.7. The van der Waals surface area contributed by atoms with Crippen molar-refractivity contribution in [1.82, 2.24) is 20.1 Å². The molecule has 1 aromatic heterocycles. The van der Waals surface area contributed by atoms with E-state index in [9.17, 15) is 24.3 Å². The smallest absolute Gasteiger partial charge is 0.257 e. The summed E-state index contributed by atoms with van der Waals surface area (Å²) in [6.45, 7) is 7.20. The third-order valence-corrected chi connectivity index (χ3v) is 7.57. The maximum Gasteiger partial charge on any atom is 0.257 e. The SMILES string of the molecule is CC1=CC(=O)N(C(C(=O)N2C[C@H](O)C[C@H]2C(=O)NCc2ccc(-c3scnc3C)cc2)C(C)C)C1=O. The minimum atomic E-state index is -1.05. The van der Waals surface area contributed by atoms with Crippen molar-refractivity contribution in [2.24, 2.45) is 5.92 Å². The first-order valence-electron chi connectivity index (χ1n) is 11.9. The highest BCUT2D eigenvalue weighted by Crippen LogP contribution is 2.28. The van der Waals surface area contributed by atoms with Crippen LogP contribution in [0.1, 0.15) is 38.4 Å². The Morgan fingerprint density at radius 2 is 1.89 bits per heavy atom. The Morgan fingerprint density at radius 1 is 1.19 bits per heavy atom. The van der Waals surface area contributed by atoms with E-state index in [0.717, 1.165) is 26.6 Å². The minimum Gasteiger partial charge on any atom is -0.391 e. The van der Waals surface area contributed by atoms with Crippen molar-refractivity contribution >= 4 is 35.0 Å². The van der Waals surface area contributed by atoms with Crippen LogP contribution in [0.15, 0.2) is 41.4 Å². The number of hydrogen-bond donors (Lipinski definition) is 2. The van der Waals surface area contributed by atoms with Crippen LogP contribution < -0.4 is 5.32 Å². The van der Waals surface area contributed by atoms with Gasteiger partial charge in [0, 0.05) is 31.2 Å². The van der Waals surface area contributed by atoms with Crippen LogP contribution in [0.4, 0.5) is 0 Å². The molecule has 3 atom stereocenters. The maximum atomic E-state index is 13.5. The quantitative estimate of drug-likeness (QED) is 0.550. The summed E-state index contributed by atoms with van der Waals surface area (Å²) in [5, 5.41) is 13.2. The Balaban J connectivity index is 1.45. The van der Waals surface area contributed by atoms with E-state index in [1.807, 2.05) is 31.2 Å². The summed E-state index contributed by atoms with van der Waals surface area (Å²) in [4.78, 5) is 59.3. The summed E-state index contributed by atoms with van der Waals surface area (Å²) in [5.74, 6) is -2.33. The lowest BCUT2D eigenvalue weighted by atomic mass is 10.00. The van der Waals surface area contributed by atoms with Gasteiger partial charge in [-0.1, -0.05) is 38.1 Å². The van der Waals surface area contributed by atoms with Crippen molar-refractivity contribution in [1.29, 1.82) is 0 Å². The number of rotatable bonds is 7. The van der Waals surface area contributed by atoms with Gasteiger partial charge in [0.1, 0.15) is 12.1 Å². The number of hydrogen-bond acceptors (Lipinski definition) is 7. The fourth-order valence-electron chi connectivity index (χ4n) is 4.70. The first-order chi connectivity index (χ1) is 17.1. The molecule has 4 rings (SSSR count). The molecule has 1 unspecified atom stereocenters. The van der Waals surface area contributed by atoms with E-state index in [1.54, 1.807) is 30.7 Å². The Morgan fingerprint density at radius 3 is 2.44 bits per heavy atom. The molecule has 0 radical (unpaired) electrons. The van der Waals surface area contributed by atoms with Gasteiger partial charge >= 0.3 is 0 Å². The van der Waals surface area contributed by atoms with Crippen LogP contribution in [0.2, 0.25) is 0 Å². The van der Waals surface area contributed by atoms with E-state index >= 15 is 0 Å². The molecule has 3 heterocycles. The molecule has 2 aliphatic rings. The second kappa shape index (κ2) is 10.3. The van der Waals surface area contributed by atoms with Crippen LogP contribution in [-0.4, -0.2) is 68.3 Å². The molecule has 190 valence electrons. The van der Waals surface area contributed by atoms with Gasteiger partial charge in [-0.05, 0) is 30.9 Å². The molecular formula is C26H30N4O5S. The van der Waals surface area contributed by atoms with Gasteiger partial charge in [0.15, 0.2) is 0 Å². The zero-order valence-corrected chi connectivity index (χ0v) is 21.5. The molecule has 0 spiro atoms. The van der Waals surface area contributed by atoms with Gasteiger partial charge in [0.25, 0.3) is 11.8 Å². The summed E-state index contributed by atoms with van der Waals surface area (Å²) < 4.78 is 0. The predicted octanol–water partition coefficient (Wildman–Crippen LogP) is 2.04. The van der Waals surface area contributed by atoms with E-state index in [1.165, 1.54) is 17.9 Å². The van der Waals surface area contributed by atoms with E-state index in [2.05, 4.69) is 10.3 Å². The summed E-state index contributed by atoms with van der Waals surface area (Å²) >= 11 is 1.57. The van der Waals surface area contributed by atoms with Gasteiger partial charge in [-0.3, -0.25) is 24.1 Å². The Hall–Kier alpha value is -3.37. The van der Waals surface area contributed by atoms with Crippen LogP contribution in [0, 0.1) is 12.8 Å². The number of β-amino-alcohol motifs (C(OH)–C–C–N with tert-alkyl or cyclic N) is 1. The monoisotopic (exact) mass is 510 g/mol. The van der Waals surface area contributed by atoms with Gasteiger partial charge in [-0.25, -0.2) is 4.98 Å². The lowest BCUT2D eigenvalue weighted by Crippen LogP contribution is -2.56. The van der Waals surface area contributed by atoms with E-state index < -0.39 is 41.8 Å². The van der Waals surface area contributed by atoms with Crippen LogP contribution in [0.5, 0.6) is 0 Å². The number of carbonyl (C=O) groups is 4. The molecule has 4 amide bonds. The number of imide groups is 1. The van der Waals surface area contributed by atoms with Crippen molar-refractivity contribution in [3.63, 3.8) is 0 Å². The van der Waals surface area contributed by atoms with Gasteiger partial charge in [0.2, 0.25) is 11.8 Å². The molecule has 2 aliphatic heterocycles. The first-order valence-corrected chi connectivity index (χ1v) is 12.8. The average Bonchev–Trinajstić information content (AvgIpc) is 3.51. The largest absolute Gasteiger partial charge is 0.391 e. The number of benzene rings is 1. The van der Waals surface area contributed by atoms with Crippen LogP contribution in [0.3, 0.4) is 0 Å². The third-order valence-electron chi connectivity index (χ3n) is 6.59. The summed E-state index contributed by atoms with van der Waals surface area (Å²) in [6.07, 6.45) is 0.435. The lowest BCUT2D eigenvalue weighted by Gasteiger charge is -2.34. The number of aliphatic hydroxyl groups excluding tert-OH is 1. The maximum absolute atomic E-state index is 13.5. The predicted molar refractivity (Wildman–Crippen MR) is 134 cm³/mol. The third kappa shape index (κ3) is 4.96. The number of aliphatic hydroxyl groups is 1. The number of nitrogens with zero attached hydrogens (tertiary/aromatic N) is 3. The Bertz CT molecular complexity index is 1220. The Kier molecular flexibility index (Phi) is 7.37. The number of carbonyl (C=O) groups excluding carboxylic acids is 4.